The van der Waals surface area contributed by atoms with Crippen LogP contribution in [-0.4, -0.2) is 40.9 Å². The quantitative estimate of drug-likeness (QED) is 0.647. The Morgan fingerprint density at radius 2 is 2.17 bits per heavy atom. The van der Waals surface area contributed by atoms with Crippen molar-refractivity contribution in [3.63, 3.8) is 0 Å². The molecule has 3 heteroatoms. The van der Waals surface area contributed by atoms with Crippen molar-refractivity contribution in [1.82, 2.24) is 4.90 Å². The summed E-state index contributed by atoms with van der Waals surface area (Å²) in [5.41, 5.74) is -1.11. The van der Waals surface area contributed by atoms with Crippen LogP contribution < -0.4 is 0 Å². The SMILES string of the molecule is CC(C)N1CC[C@](C)(O)[C@H](F)C1. The maximum Gasteiger partial charge on any atom is 0.141 e. The van der Waals surface area contributed by atoms with Crippen molar-refractivity contribution >= 4 is 0 Å². The molecule has 12 heavy (non-hydrogen) atoms. The first kappa shape index (κ1) is 9.93. The van der Waals surface area contributed by atoms with Crippen molar-refractivity contribution in [3.05, 3.63) is 0 Å². The van der Waals surface area contributed by atoms with Crippen molar-refractivity contribution < 1.29 is 9.50 Å². The van der Waals surface area contributed by atoms with E-state index in [4.69, 9.17) is 0 Å². The number of hydrogen-bond acceptors (Lipinski definition) is 2. The minimum absolute atomic E-state index is 0.366. The Bertz CT molecular complexity index is 159. The maximum atomic E-state index is 13.3. The van der Waals surface area contributed by atoms with E-state index in [0.29, 0.717) is 19.0 Å². The summed E-state index contributed by atoms with van der Waals surface area (Å²) >= 11 is 0. The van der Waals surface area contributed by atoms with Gasteiger partial charge in [0.2, 0.25) is 0 Å². The first-order valence-corrected chi connectivity index (χ1v) is 4.54. The first-order chi connectivity index (χ1) is 5.43. The van der Waals surface area contributed by atoms with Gasteiger partial charge in [0.05, 0.1) is 5.60 Å². The van der Waals surface area contributed by atoms with Crippen molar-refractivity contribution in [2.75, 3.05) is 13.1 Å². The molecular formula is C9H18FNO. The molecule has 0 amide bonds. The molecule has 0 bridgehead atoms. The molecule has 0 aromatic carbocycles. The van der Waals surface area contributed by atoms with Crippen molar-refractivity contribution in [2.24, 2.45) is 0 Å². The zero-order chi connectivity index (χ0) is 9.35. The van der Waals surface area contributed by atoms with Crippen LogP contribution in [0.5, 0.6) is 0 Å². The van der Waals surface area contributed by atoms with Gasteiger partial charge in [-0.3, -0.25) is 4.90 Å². The van der Waals surface area contributed by atoms with Gasteiger partial charge in [-0.25, -0.2) is 4.39 Å². The van der Waals surface area contributed by atoms with Crippen LogP contribution in [0.4, 0.5) is 4.39 Å². The van der Waals surface area contributed by atoms with Crippen molar-refractivity contribution in [3.8, 4) is 0 Å². The zero-order valence-electron chi connectivity index (χ0n) is 8.05. The fourth-order valence-corrected chi connectivity index (χ4v) is 1.49. The van der Waals surface area contributed by atoms with Crippen LogP contribution in [0.1, 0.15) is 27.2 Å². The molecule has 0 spiro atoms. The molecule has 1 N–H and O–H groups in total. The highest BCUT2D eigenvalue weighted by Gasteiger charge is 2.38. The molecule has 0 saturated carbocycles. The van der Waals surface area contributed by atoms with Gasteiger partial charge in [-0.1, -0.05) is 0 Å². The zero-order valence-corrected chi connectivity index (χ0v) is 8.05. The Morgan fingerprint density at radius 3 is 2.58 bits per heavy atom. The molecule has 72 valence electrons. The minimum atomic E-state index is -1.11. The molecule has 0 radical (unpaired) electrons. The molecular weight excluding hydrogens is 157 g/mol. The Labute approximate surface area is 73.4 Å². The van der Waals surface area contributed by atoms with Gasteiger partial charge in [-0.2, -0.15) is 0 Å². The Balaban J connectivity index is 2.52. The van der Waals surface area contributed by atoms with Crippen LogP contribution in [0.2, 0.25) is 0 Å². The van der Waals surface area contributed by atoms with E-state index in [2.05, 4.69) is 4.90 Å². The van der Waals surface area contributed by atoms with Crippen LogP contribution in [-0.2, 0) is 0 Å². The Morgan fingerprint density at radius 1 is 1.58 bits per heavy atom. The van der Waals surface area contributed by atoms with Gasteiger partial charge < -0.3 is 5.11 Å². The molecule has 1 heterocycles. The van der Waals surface area contributed by atoms with E-state index >= 15 is 0 Å². The van der Waals surface area contributed by atoms with E-state index in [1.807, 2.05) is 13.8 Å². The van der Waals surface area contributed by atoms with Crippen molar-refractivity contribution in [2.45, 2.75) is 45.0 Å². The molecule has 2 nitrogen and oxygen atoms in total. The number of alkyl halides is 1. The lowest BCUT2D eigenvalue weighted by Gasteiger charge is -2.40. The third-order valence-corrected chi connectivity index (χ3v) is 2.71. The van der Waals surface area contributed by atoms with E-state index in [-0.39, 0.29) is 0 Å². The lowest BCUT2D eigenvalue weighted by molar-refractivity contribution is -0.0768. The monoisotopic (exact) mass is 175 g/mol. The van der Waals surface area contributed by atoms with Gasteiger partial charge in [0, 0.05) is 19.1 Å². The summed E-state index contributed by atoms with van der Waals surface area (Å²) in [7, 11) is 0. The van der Waals surface area contributed by atoms with Gasteiger partial charge in [0.25, 0.3) is 0 Å². The van der Waals surface area contributed by atoms with Gasteiger partial charge in [0.15, 0.2) is 0 Å². The molecule has 1 aliphatic rings. The Hall–Kier alpha value is -0.150. The normalized spacial score (nSPS) is 39.0. The average Bonchev–Trinajstić information content (AvgIpc) is 1.94. The van der Waals surface area contributed by atoms with Crippen LogP contribution in [0.15, 0.2) is 0 Å². The van der Waals surface area contributed by atoms with Gasteiger partial charge in [-0.05, 0) is 27.2 Å². The number of halogens is 1. The summed E-state index contributed by atoms with van der Waals surface area (Å²) in [4.78, 5) is 2.06. The van der Waals surface area contributed by atoms with E-state index in [9.17, 15) is 9.50 Å². The van der Waals surface area contributed by atoms with Gasteiger partial charge in [-0.15, -0.1) is 0 Å². The molecule has 0 aromatic rings. The highest BCUT2D eigenvalue weighted by atomic mass is 19.1. The van der Waals surface area contributed by atoms with E-state index in [1.165, 1.54) is 0 Å². The maximum absolute atomic E-state index is 13.3. The number of rotatable bonds is 1. The standard InChI is InChI=1S/C9H18FNO/c1-7(2)11-5-4-9(3,12)8(10)6-11/h7-8,12H,4-6H2,1-3H3/t8-,9+/m1/s1. The lowest BCUT2D eigenvalue weighted by Crippen LogP contribution is -2.53. The largest absolute Gasteiger partial charge is 0.387 e. The third-order valence-electron chi connectivity index (χ3n) is 2.71. The van der Waals surface area contributed by atoms with Gasteiger partial charge in [0.1, 0.15) is 6.17 Å². The Kier molecular flexibility index (Phi) is 2.74. The number of hydrogen-bond donors (Lipinski definition) is 1. The summed E-state index contributed by atoms with van der Waals surface area (Å²) in [6.07, 6.45) is -0.569. The molecule has 0 unspecified atom stereocenters. The average molecular weight is 175 g/mol. The molecule has 0 aliphatic carbocycles. The van der Waals surface area contributed by atoms with Gasteiger partial charge >= 0.3 is 0 Å². The predicted octanol–water partition coefficient (Wildman–Crippen LogP) is 1.19. The summed E-state index contributed by atoms with van der Waals surface area (Å²) in [5, 5.41) is 9.54. The minimum Gasteiger partial charge on any atom is -0.387 e. The molecule has 2 atom stereocenters. The molecule has 1 fully saturated rings. The highest BCUT2D eigenvalue weighted by molar-refractivity contribution is 4.90. The number of aliphatic hydroxyl groups is 1. The van der Waals surface area contributed by atoms with Crippen LogP contribution in [0.25, 0.3) is 0 Å². The molecule has 1 rings (SSSR count). The molecule has 1 saturated heterocycles. The molecule has 0 aromatic heterocycles. The summed E-state index contributed by atoms with van der Waals surface area (Å²) in [6.45, 7) is 6.84. The number of nitrogens with zero attached hydrogens (tertiary/aromatic N) is 1. The molecule has 1 aliphatic heterocycles. The smallest absolute Gasteiger partial charge is 0.141 e. The first-order valence-electron chi connectivity index (χ1n) is 4.54. The van der Waals surface area contributed by atoms with Crippen LogP contribution >= 0.6 is 0 Å². The second-order valence-electron chi connectivity index (χ2n) is 4.16. The van der Waals surface area contributed by atoms with E-state index in [1.54, 1.807) is 6.92 Å². The van der Waals surface area contributed by atoms with Crippen LogP contribution in [0.3, 0.4) is 0 Å². The third kappa shape index (κ3) is 1.96. The summed E-state index contributed by atoms with van der Waals surface area (Å²) in [5.74, 6) is 0. The fourth-order valence-electron chi connectivity index (χ4n) is 1.49. The lowest BCUT2D eigenvalue weighted by atomic mass is 9.91. The van der Waals surface area contributed by atoms with E-state index < -0.39 is 11.8 Å². The van der Waals surface area contributed by atoms with E-state index in [0.717, 1.165) is 6.54 Å². The summed E-state index contributed by atoms with van der Waals surface area (Å²) < 4.78 is 13.3. The van der Waals surface area contributed by atoms with Crippen LogP contribution in [0, 0.1) is 0 Å². The fraction of sp³-hybridized carbons (Fsp3) is 1.00. The topological polar surface area (TPSA) is 23.5 Å². The summed E-state index contributed by atoms with van der Waals surface area (Å²) in [6, 6.07) is 0.374. The highest BCUT2D eigenvalue weighted by Crippen LogP contribution is 2.25. The number of piperidine rings is 1. The number of likely N-dealkylation sites (tertiary alicyclic amines) is 1. The van der Waals surface area contributed by atoms with Crippen molar-refractivity contribution in [1.29, 1.82) is 0 Å². The predicted molar refractivity (Wildman–Crippen MR) is 46.8 cm³/mol. The second-order valence-corrected chi connectivity index (χ2v) is 4.16. The second kappa shape index (κ2) is 3.30.